The maximum absolute atomic E-state index is 12.4. The number of carbonyl (C=O) groups excluding carboxylic acids is 1. The van der Waals surface area contributed by atoms with Crippen molar-refractivity contribution in [3.05, 3.63) is 76.2 Å². The van der Waals surface area contributed by atoms with Crippen molar-refractivity contribution in [1.29, 1.82) is 0 Å². The average Bonchev–Trinajstić information content (AvgIpc) is 2.98. The van der Waals surface area contributed by atoms with Crippen LogP contribution in [0.25, 0.3) is 16.5 Å². The second kappa shape index (κ2) is 6.16. The van der Waals surface area contributed by atoms with Gasteiger partial charge in [0.15, 0.2) is 0 Å². The lowest BCUT2D eigenvalue weighted by Crippen LogP contribution is -2.26. The number of amides is 1. The first-order valence-corrected chi connectivity index (χ1v) is 7.01. The summed E-state index contributed by atoms with van der Waals surface area (Å²) in [5.41, 5.74) is 12.0. The van der Waals surface area contributed by atoms with Gasteiger partial charge < -0.3 is 4.90 Å². The van der Waals surface area contributed by atoms with Crippen LogP contribution < -0.4 is 4.90 Å². The van der Waals surface area contributed by atoms with E-state index in [1.807, 2.05) is 36.4 Å². The summed E-state index contributed by atoms with van der Waals surface area (Å²) in [5.74, 6) is -0.0688. The maximum atomic E-state index is 12.4. The van der Waals surface area contributed by atoms with E-state index in [1.165, 1.54) is 11.6 Å². The summed E-state index contributed by atoms with van der Waals surface area (Å²) in [7, 11) is 0. The van der Waals surface area contributed by atoms with Crippen LogP contribution in [0.1, 0.15) is 11.1 Å². The van der Waals surface area contributed by atoms with Gasteiger partial charge in [-0.15, -0.1) is 0 Å². The van der Waals surface area contributed by atoms with Crippen LogP contribution in [-0.4, -0.2) is 12.5 Å². The molecule has 5 nitrogen and oxygen atoms in total. The molecular weight excluding hydrogens is 276 g/mol. The van der Waals surface area contributed by atoms with Crippen LogP contribution in [-0.2, 0) is 11.2 Å². The molecule has 0 atom stereocenters. The zero-order valence-corrected chi connectivity index (χ0v) is 11.9. The zero-order valence-electron chi connectivity index (χ0n) is 11.9. The molecule has 0 unspecified atom stereocenters. The third-order valence-corrected chi connectivity index (χ3v) is 3.65. The number of hydrogen-bond donors (Lipinski definition) is 0. The van der Waals surface area contributed by atoms with Crippen molar-refractivity contribution >= 4 is 23.4 Å². The molecule has 0 aromatic heterocycles. The van der Waals surface area contributed by atoms with Crippen molar-refractivity contribution in [2.24, 2.45) is 5.11 Å². The van der Waals surface area contributed by atoms with Gasteiger partial charge in [0.2, 0.25) is 0 Å². The molecule has 0 bridgehead atoms. The number of benzene rings is 2. The minimum absolute atomic E-state index is 0.0688. The molecule has 22 heavy (non-hydrogen) atoms. The van der Waals surface area contributed by atoms with Crippen molar-refractivity contribution < 1.29 is 4.79 Å². The van der Waals surface area contributed by atoms with Gasteiger partial charge in [-0.2, -0.15) is 0 Å². The molecule has 2 aromatic carbocycles. The van der Waals surface area contributed by atoms with E-state index in [1.54, 1.807) is 23.1 Å². The molecular formula is C17H14N4O. The number of fused-ring (bicyclic) bond motifs is 1. The molecule has 2 aromatic rings. The molecule has 1 aliphatic rings. The van der Waals surface area contributed by atoms with Crippen molar-refractivity contribution in [1.82, 2.24) is 0 Å². The van der Waals surface area contributed by atoms with Gasteiger partial charge in [-0.3, -0.25) is 4.79 Å². The second-order valence-electron chi connectivity index (χ2n) is 4.95. The summed E-state index contributed by atoms with van der Waals surface area (Å²) < 4.78 is 0. The standard InChI is InChI=1S/C17H14N4O/c18-20-19-15-7-3-1-5-13(15)9-10-17(22)21-12-11-14-6-2-4-8-16(14)21/h1-10H,11-12H2/b10-9+. The molecule has 5 heteroatoms. The highest BCUT2D eigenvalue weighted by Gasteiger charge is 2.22. The van der Waals surface area contributed by atoms with Crippen LogP contribution >= 0.6 is 0 Å². The van der Waals surface area contributed by atoms with Gasteiger partial charge in [-0.25, -0.2) is 0 Å². The number of rotatable bonds is 3. The van der Waals surface area contributed by atoms with Gasteiger partial charge in [-0.1, -0.05) is 47.6 Å². The highest BCUT2D eigenvalue weighted by Crippen LogP contribution is 2.28. The van der Waals surface area contributed by atoms with Crippen molar-refractivity contribution in [3.63, 3.8) is 0 Å². The van der Waals surface area contributed by atoms with Gasteiger partial charge in [-0.05, 0) is 35.2 Å². The fourth-order valence-electron chi connectivity index (χ4n) is 2.59. The lowest BCUT2D eigenvalue weighted by Gasteiger charge is -2.14. The summed E-state index contributed by atoms with van der Waals surface area (Å²) >= 11 is 0. The number of para-hydroxylation sites is 1. The minimum Gasteiger partial charge on any atom is -0.308 e. The van der Waals surface area contributed by atoms with Crippen molar-refractivity contribution in [2.45, 2.75) is 6.42 Å². The summed E-state index contributed by atoms with van der Waals surface area (Å²) in [6.07, 6.45) is 4.09. The topological polar surface area (TPSA) is 69.1 Å². The monoisotopic (exact) mass is 290 g/mol. The first kappa shape index (κ1) is 13.9. The number of nitrogens with zero attached hydrogens (tertiary/aromatic N) is 4. The molecule has 0 saturated heterocycles. The van der Waals surface area contributed by atoms with E-state index in [0.29, 0.717) is 12.2 Å². The minimum atomic E-state index is -0.0688. The second-order valence-corrected chi connectivity index (χ2v) is 4.95. The Morgan fingerprint density at radius 1 is 1.18 bits per heavy atom. The number of anilines is 1. The summed E-state index contributed by atoms with van der Waals surface area (Å²) in [6, 6.07) is 15.1. The summed E-state index contributed by atoms with van der Waals surface area (Å²) in [4.78, 5) is 16.9. The first-order chi connectivity index (χ1) is 10.8. The van der Waals surface area contributed by atoms with Crippen LogP contribution in [0.5, 0.6) is 0 Å². The molecule has 0 radical (unpaired) electrons. The van der Waals surface area contributed by atoms with E-state index in [9.17, 15) is 4.79 Å². The van der Waals surface area contributed by atoms with Crippen molar-refractivity contribution in [3.8, 4) is 0 Å². The van der Waals surface area contributed by atoms with E-state index in [4.69, 9.17) is 5.53 Å². The third-order valence-electron chi connectivity index (χ3n) is 3.65. The number of carbonyl (C=O) groups is 1. The smallest absolute Gasteiger partial charge is 0.251 e. The predicted octanol–water partition coefficient (Wildman–Crippen LogP) is 4.23. The van der Waals surface area contributed by atoms with E-state index in [2.05, 4.69) is 10.0 Å². The molecule has 3 rings (SSSR count). The quantitative estimate of drug-likeness (QED) is 0.361. The highest BCUT2D eigenvalue weighted by molar-refractivity contribution is 6.05. The van der Waals surface area contributed by atoms with Gasteiger partial charge in [0.1, 0.15) is 0 Å². The van der Waals surface area contributed by atoms with Crippen LogP contribution in [0.3, 0.4) is 0 Å². The van der Waals surface area contributed by atoms with E-state index in [0.717, 1.165) is 17.7 Å². The predicted molar refractivity (Wildman–Crippen MR) is 86.8 cm³/mol. The third kappa shape index (κ3) is 2.71. The average molecular weight is 290 g/mol. The summed E-state index contributed by atoms with van der Waals surface area (Å²) in [6.45, 7) is 0.695. The Balaban J connectivity index is 1.82. The first-order valence-electron chi connectivity index (χ1n) is 7.01. The molecule has 0 spiro atoms. The van der Waals surface area contributed by atoms with Gasteiger partial charge in [0, 0.05) is 28.9 Å². The van der Waals surface area contributed by atoms with Crippen molar-refractivity contribution in [2.75, 3.05) is 11.4 Å². The molecule has 108 valence electrons. The largest absolute Gasteiger partial charge is 0.308 e. The van der Waals surface area contributed by atoms with Gasteiger partial charge in [0.05, 0.1) is 0 Å². The molecule has 1 amide bonds. The molecule has 0 saturated carbocycles. The molecule has 0 fully saturated rings. The zero-order chi connectivity index (χ0) is 15.4. The van der Waals surface area contributed by atoms with Crippen LogP contribution in [0.4, 0.5) is 11.4 Å². The highest BCUT2D eigenvalue weighted by atomic mass is 16.2. The number of azide groups is 1. The van der Waals surface area contributed by atoms with Gasteiger partial charge >= 0.3 is 0 Å². The Morgan fingerprint density at radius 2 is 1.95 bits per heavy atom. The fourth-order valence-corrected chi connectivity index (χ4v) is 2.59. The molecule has 0 aliphatic carbocycles. The van der Waals surface area contributed by atoms with Crippen LogP contribution in [0, 0.1) is 0 Å². The van der Waals surface area contributed by atoms with Crippen LogP contribution in [0.15, 0.2) is 59.7 Å². The Morgan fingerprint density at radius 3 is 2.82 bits per heavy atom. The lowest BCUT2D eigenvalue weighted by molar-refractivity contribution is -0.114. The lowest BCUT2D eigenvalue weighted by atomic mass is 10.1. The fraction of sp³-hybridized carbons (Fsp3) is 0.118. The number of hydrogen-bond acceptors (Lipinski definition) is 2. The van der Waals surface area contributed by atoms with E-state index < -0.39 is 0 Å². The SMILES string of the molecule is [N-]=[N+]=Nc1ccccc1/C=C/C(=O)N1CCc2ccccc21. The maximum Gasteiger partial charge on any atom is 0.251 e. The van der Waals surface area contributed by atoms with Crippen LogP contribution in [0.2, 0.25) is 0 Å². The summed E-state index contributed by atoms with van der Waals surface area (Å²) in [5, 5.41) is 3.62. The van der Waals surface area contributed by atoms with E-state index >= 15 is 0 Å². The van der Waals surface area contributed by atoms with Gasteiger partial charge in [0.25, 0.3) is 5.91 Å². The van der Waals surface area contributed by atoms with E-state index in [-0.39, 0.29) is 5.91 Å². The molecule has 1 aliphatic heterocycles. The normalized spacial score (nSPS) is 13.0. The Labute approximate surface area is 128 Å². The molecule has 0 N–H and O–H groups in total. The Bertz CT molecular complexity index is 791. The Kier molecular flexibility index (Phi) is 3.90. The molecule has 1 heterocycles. The Hall–Kier alpha value is -3.04.